The number of rotatable bonds is 2. The molecular weight excluding hydrogens is 282 g/mol. The van der Waals surface area contributed by atoms with E-state index in [1.165, 1.54) is 9.80 Å². The molecule has 0 aliphatic carbocycles. The summed E-state index contributed by atoms with van der Waals surface area (Å²) in [5, 5.41) is 2.62. The van der Waals surface area contributed by atoms with Crippen molar-refractivity contribution in [2.75, 3.05) is 26.0 Å². The van der Waals surface area contributed by atoms with Crippen LogP contribution in [0.4, 0.5) is 5.69 Å². The molecule has 0 radical (unpaired) electrons. The number of hydrogen-bond acceptors (Lipinski definition) is 3. The maximum atomic E-state index is 12.3. The molecule has 1 aromatic carbocycles. The van der Waals surface area contributed by atoms with Crippen LogP contribution in [0.15, 0.2) is 24.3 Å². The van der Waals surface area contributed by atoms with Crippen LogP contribution >= 0.6 is 0 Å². The van der Waals surface area contributed by atoms with Gasteiger partial charge in [-0.1, -0.05) is 18.2 Å². The van der Waals surface area contributed by atoms with E-state index >= 15 is 0 Å². The normalized spacial score (nSPS) is 17.2. The molecule has 6 heteroatoms. The van der Waals surface area contributed by atoms with Crippen molar-refractivity contribution in [2.45, 2.75) is 25.8 Å². The fourth-order valence-corrected chi connectivity index (χ4v) is 2.58. The second-order valence-corrected chi connectivity index (χ2v) is 5.66. The molecule has 1 saturated heterocycles. The largest absolute Gasteiger partial charge is 0.347 e. The first-order valence-corrected chi connectivity index (χ1v) is 7.30. The van der Waals surface area contributed by atoms with Gasteiger partial charge >= 0.3 is 11.8 Å². The van der Waals surface area contributed by atoms with Crippen molar-refractivity contribution in [3.63, 3.8) is 0 Å². The summed E-state index contributed by atoms with van der Waals surface area (Å²) >= 11 is 0. The third-order valence-electron chi connectivity index (χ3n) is 3.83. The number of amides is 3. The van der Waals surface area contributed by atoms with Crippen LogP contribution in [0.3, 0.4) is 0 Å². The van der Waals surface area contributed by atoms with Crippen LogP contribution in [0, 0.1) is 6.92 Å². The van der Waals surface area contributed by atoms with Crippen molar-refractivity contribution in [1.82, 2.24) is 9.80 Å². The van der Waals surface area contributed by atoms with Gasteiger partial charge in [-0.15, -0.1) is 0 Å². The first-order valence-electron chi connectivity index (χ1n) is 7.30. The lowest BCUT2D eigenvalue weighted by atomic mass is 10.2. The maximum Gasteiger partial charge on any atom is 0.313 e. The molecule has 2 rings (SSSR count). The molecular formula is C16H21N3O3. The van der Waals surface area contributed by atoms with Gasteiger partial charge in [0.25, 0.3) is 0 Å². The molecule has 0 bridgehead atoms. The van der Waals surface area contributed by atoms with E-state index < -0.39 is 17.9 Å². The van der Waals surface area contributed by atoms with E-state index in [4.69, 9.17) is 0 Å². The molecule has 1 heterocycles. The summed E-state index contributed by atoms with van der Waals surface area (Å²) in [6.07, 6.45) is 1.33. The first-order chi connectivity index (χ1) is 10.4. The molecule has 1 N–H and O–H groups in total. The summed E-state index contributed by atoms with van der Waals surface area (Å²) in [7, 11) is 3.30. The predicted octanol–water partition coefficient (Wildman–Crippen LogP) is 1.01. The van der Waals surface area contributed by atoms with Gasteiger partial charge in [-0.3, -0.25) is 14.4 Å². The van der Waals surface area contributed by atoms with Crippen LogP contribution in [0.2, 0.25) is 0 Å². The number of anilines is 1. The average molecular weight is 303 g/mol. The Kier molecular flexibility index (Phi) is 4.80. The van der Waals surface area contributed by atoms with E-state index in [0.717, 1.165) is 12.0 Å². The van der Waals surface area contributed by atoms with Crippen LogP contribution in [-0.4, -0.2) is 54.2 Å². The topological polar surface area (TPSA) is 69.7 Å². The zero-order chi connectivity index (χ0) is 16.3. The van der Waals surface area contributed by atoms with Crippen LogP contribution in [0.25, 0.3) is 0 Å². The van der Waals surface area contributed by atoms with Crippen LogP contribution in [0.5, 0.6) is 0 Å². The smallest absolute Gasteiger partial charge is 0.313 e. The van der Waals surface area contributed by atoms with E-state index in [2.05, 4.69) is 5.32 Å². The summed E-state index contributed by atoms with van der Waals surface area (Å²) in [5.74, 6) is -1.50. The van der Waals surface area contributed by atoms with E-state index in [9.17, 15) is 14.4 Å². The maximum absolute atomic E-state index is 12.3. The van der Waals surface area contributed by atoms with Gasteiger partial charge in [0.2, 0.25) is 5.91 Å². The second kappa shape index (κ2) is 6.60. The summed E-state index contributed by atoms with van der Waals surface area (Å²) in [5.41, 5.74) is 1.49. The van der Waals surface area contributed by atoms with Crippen molar-refractivity contribution < 1.29 is 14.4 Å². The van der Waals surface area contributed by atoms with E-state index in [1.54, 1.807) is 26.2 Å². The third-order valence-corrected chi connectivity index (χ3v) is 3.83. The van der Waals surface area contributed by atoms with E-state index in [0.29, 0.717) is 18.7 Å². The molecule has 0 saturated carbocycles. The highest BCUT2D eigenvalue weighted by atomic mass is 16.2. The predicted molar refractivity (Wildman–Crippen MR) is 83.2 cm³/mol. The molecule has 0 spiro atoms. The molecule has 6 nitrogen and oxygen atoms in total. The number of carbonyl (C=O) groups is 3. The van der Waals surface area contributed by atoms with Gasteiger partial charge in [0.15, 0.2) is 0 Å². The molecule has 3 amide bonds. The molecule has 0 aromatic heterocycles. The minimum atomic E-state index is -0.701. The lowest BCUT2D eigenvalue weighted by Gasteiger charge is -2.25. The summed E-state index contributed by atoms with van der Waals surface area (Å²) in [6, 6.07) is 6.71. The van der Waals surface area contributed by atoms with E-state index in [1.807, 2.05) is 19.1 Å². The Morgan fingerprint density at radius 2 is 1.91 bits per heavy atom. The zero-order valence-corrected chi connectivity index (χ0v) is 13.1. The first kappa shape index (κ1) is 16.0. The number of hydrogen-bond donors (Lipinski definition) is 1. The highest BCUT2D eigenvalue weighted by Crippen LogP contribution is 2.20. The minimum Gasteiger partial charge on any atom is -0.347 e. The number of carbonyl (C=O) groups excluding carboxylic acids is 3. The quantitative estimate of drug-likeness (QED) is 0.829. The molecule has 1 atom stereocenters. The van der Waals surface area contributed by atoms with Gasteiger partial charge in [-0.25, -0.2) is 0 Å². The molecule has 1 fully saturated rings. The second-order valence-electron chi connectivity index (χ2n) is 5.66. The average Bonchev–Trinajstić information content (AvgIpc) is 2.97. The molecule has 1 aliphatic heterocycles. The van der Waals surface area contributed by atoms with Crippen molar-refractivity contribution >= 4 is 23.4 Å². The third kappa shape index (κ3) is 3.27. The molecule has 0 unspecified atom stereocenters. The number of likely N-dealkylation sites (N-methyl/N-ethyl adjacent to an activating group) is 1. The fourth-order valence-electron chi connectivity index (χ4n) is 2.58. The van der Waals surface area contributed by atoms with Crippen molar-refractivity contribution in [3.05, 3.63) is 29.8 Å². The van der Waals surface area contributed by atoms with Gasteiger partial charge in [-0.05, 0) is 31.4 Å². The van der Waals surface area contributed by atoms with Crippen LogP contribution in [-0.2, 0) is 14.4 Å². The molecule has 22 heavy (non-hydrogen) atoms. The number of nitrogens with one attached hydrogen (secondary N) is 1. The Bertz CT molecular complexity index is 598. The van der Waals surface area contributed by atoms with Gasteiger partial charge in [-0.2, -0.15) is 0 Å². The molecule has 1 aromatic rings. The Balaban J connectivity index is 2.08. The fraction of sp³-hybridized carbons (Fsp3) is 0.438. The summed E-state index contributed by atoms with van der Waals surface area (Å²) in [6.45, 7) is 2.29. The number of benzene rings is 1. The Labute approximate surface area is 130 Å². The Morgan fingerprint density at radius 1 is 1.23 bits per heavy atom. The standard InChI is InChI=1S/C16H21N3O3/c1-11-7-4-5-8-12(11)17-14(20)16(22)19-10-6-9-13(19)15(21)18(2)3/h4-5,7-8,13H,6,9-10H2,1-3H3,(H,17,20)/t13-/m0/s1. The summed E-state index contributed by atoms with van der Waals surface area (Å²) in [4.78, 5) is 39.4. The van der Waals surface area contributed by atoms with Crippen LogP contribution < -0.4 is 5.32 Å². The monoisotopic (exact) mass is 303 g/mol. The number of nitrogens with zero attached hydrogens (tertiary/aromatic N) is 2. The Morgan fingerprint density at radius 3 is 2.55 bits per heavy atom. The van der Waals surface area contributed by atoms with Crippen molar-refractivity contribution in [1.29, 1.82) is 0 Å². The van der Waals surface area contributed by atoms with Gasteiger partial charge < -0.3 is 15.1 Å². The highest BCUT2D eigenvalue weighted by molar-refractivity contribution is 6.40. The van der Waals surface area contributed by atoms with E-state index in [-0.39, 0.29) is 5.91 Å². The SMILES string of the molecule is Cc1ccccc1NC(=O)C(=O)N1CCC[C@H]1C(=O)N(C)C. The number of likely N-dealkylation sites (tertiary alicyclic amines) is 1. The van der Waals surface area contributed by atoms with Crippen molar-refractivity contribution in [3.8, 4) is 0 Å². The zero-order valence-electron chi connectivity index (χ0n) is 13.1. The number of aryl methyl sites for hydroxylation is 1. The lowest BCUT2D eigenvalue weighted by molar-refractivity contribution is -0.147. The van der Waals surface area contributed by atoms with Crippen molar-refractivity contribution in [2.24, 2.45) is 0 Å². The number of para-hydroxylation sites is 1. The Hall–Kier alpha value is -2.37. The molecule has 118 valence electrons. The highest BCUT2D eigenvalue weighted by Gasteiger charge is 2.37. The summed E-state index contributed by atoms with van der Waals surface area (Å²) < 4.78 is 0. The van der Waals surface area contributed by atoms with Gasteiger partial charge in [0.1, 0.15) is 6.04 Å². The van der Waals surface area contributed by atoms with Gasteiger partial charge in [0.05, 0.1) is 0 Å². The lowest BCUT2D eigenvalue weighted by Crippen LogP contribution is -2.49. The van der Waals surface area contributed by atoms with Crippen LogP contribution in [0.1, 0.15) is 18.4 Å². The minimum absolute atomic E-state index is 0.144. The van der Waals surface area contributed by atoms with Gasteiger partial charge in [0, 0.05) is 26.3 Å². The molecule has 1 aliphatic rings.